The second kappa shape index (κ2) is 7.28. The Balaban J connectivity index is 2.67. The van der Waals surface area contributed by atoms with Crippen LogP contribution in [0, 0.1) is 6.92 Å². The highest BCUT2D eigenvalue weighted by molar-refractivity contribution is 5.95. The van der Waals surface area contributed by atoms with Gasteiger partial charge >= 0.3 is 12.0 Å². The third-order valence-corrected chi connectivity index (χ3v) is 2.81. The molecule has 0 saturated heterocycles. The van der Waals surface area contributed by atoms with E-state index in [1.807, 2.05) is 0 Å². The van der Waals surface area contributed by atoms with Crippen molar-refractivity contribution in [3.63, 3.8) is 0 Å². The lowest BCUT2D eigenvalue weighted by Crippen LogP contribution is -2.46. The number of hydrogen-bond donors (Lipinski definition) is 4. The lowest BCUT2D eigenvalue weighted by Gasteiger charge is -2.15. The van der Waals surface area contributed by atoms with E-state index in [0.29, 0.717) is 17.8 Å². The normalized spacial score (nSPS) is 11.4. The largest absolute Gasteiger partial charge is 0.478 e. The SMILES string of the molecule is CCNC(=O)C(C)NC(=O)Nc1ccc(C(=O)O)cc1C. The Morgan fingerprint density at radius 3 is 2.48 bits per heavy atom. The first kappa shape index (κ1) is 16.5. The molecule has 0 aromatic heterocycles. The van der Waals surface area contributed by atoms with Crippen LogP contribution in [0.5, 0.6) is 0 Å². The molecule has 7 nitrogen and oxygen atoms in total. The van der Waals surface area contributed by atoms with Crippen LogP contribution in [0.15, 0.2) is 18.2 Å². The predicted octanol–water partition coefficient (Wildman–Crippen LogP) is 1.34. The number of hydrogen-bond acceptors (Lipinski definition) is 3. The molecule has 1 rings (SSSR count). The summed E-state index contributed by atoms with van der Waals surface area (Å²) in [5.41, 5.74) is 1.26. The third kappa shape index (κ3) is 4.79. The smallest absolute Gasteiger partial charge is 0.335 e. The van der Waals surface area contributed by atoms with Crippen LogP contribution >= 0.6 is 0 Å². The number of carboxylic acid groups (broad SMARTS) is 1. The Morgan fingerprint density at radius 2 is 1.95 bits per heavy atom. The monoisotopic (exact) mass is 293 g/mol. The van der Waals surface area contributed by atoms with Crippen molar-refractivity contribution in [1.29, 1.82) is 0 Å². The minimum absolute atomic E-state index is 0.147. The van der Waals surface area contributed by atoms with E-state index in [1.54, 1.807) is 20.8 Å². The lowest BCUT2D eigenvalue weighted by molar-refractivity contribution is -0.122. The van der Waals surface area contributed by atoms with Gasteiger partial charge in [0.25, 0.3) is 0 Å². The van der Waals surface area contributed by atoms with Gasteiger partial charge in [-0.3, -0.25) is 4.79 Å². The van der Waals surface area contributed by atoms with Gasteiger partial charge in [-0.25, -0.2) is 9.59 Å². The zero-order valence-electron chi connectivity index (χ0n) is 12.2. The minimum atomic E-state index is -1.03. The van der Waals surface area contributed by atoms with E-state index in [9.17, 15) is 14.4 Å². The van der Waals surface area contributed by atoms with Crippen LogP contribution < -0.4 is 16.0 Å². The molecule has 0 aliphatic rings. The van der Waals surface area contributed by atoms with Crippen molar-refractivity contribution >= 4 is 23.6 Å². The van der Waals surface area contributed by atoms with Crippen LogP contribution in [0.1, 0.15) is 29.8 Å². The van der Waals surface area contributed by atoms with E-state index in [2.05, 4.69) is 16.0 Å². The van der Waals surface area contributed by atoms with Gasteiger partial charge < -0.3 is 21.1 Å². The first-order valence-electron chi connectivity index (χ1n) is 6.54. The number of carbonyl (C=O) groups excluding carboxylic acids is 2. The van der Waals surface area contributed by atoms with Crippen molar-refractivity contribution in [2.45, 2.75) is 26.8 Å². The number of aromatic carboxylic acids is 1. The molecule has 0 aliphatic carbocycles. The summed E-state index contributed by atoms with van der Waals surface area (Å²) < 4.78 is 0. The molecule has 0 saturated carbocycles. The molecule has 1 aromatic carbocycles. The van der Waals surface area contributed by atoms with Crippen molar-refractivity contribution in [3.8, 4) is 0 Å². The molecule has 1 aromatic rings. The van der Waals surface area contributed by atoms with Crippen LogP contribution in [0.25, 0.3) is 0 Å². The number of carboxylic acids is 1. The number of nitrogens with one attached hydrogen (secondary N) is 3. The molecule has 0 spiro atoms. The molecule has 0 bridgehead atoms. The van der Waals surface area contributed by atoms with Crippen molar-refractivity contribution in [2.24, 2.45) is 0 Å². The topological polar surface area (TPSA) is 108 Å². The number of benzene rings is 1. The number of urea groups is 1. The summed E-state index contributed by atoms with van der Waals surface area (Å²) in [6.07, 6.45) is 0. The molecular weight excluding hydrogens is 274 g/mol. The van der Waals surface area contributed by atoms with Gasteiger partial charge in [0, 0.05) is 12.2 Å². The molecule has 4 N–H and O–H groups in total. The molecular formula is C14H19N3O4. The molecule has 3 amide bonds. The minimum Gasteiger partial charge on any atom is -0.478 e. The second-order valence-corrected chi connectivity index (χ2v) is 4.55. The first-order chi connectivity index (χ1) is 9.85. The highest BCUT2D eigenvalue weighted by Gasteiger charge is 2.15. The van der Waals surface area contributed by atoms with Crippen LogP contribution in [0.3, 0.4) is 0 Å². The number of carbonyl (C=O) groups is 3. The van der Waals surface area contributed by atoms with E-state index < -0.39 is 18.0 Å². The Kier molecular flexibility index (Phi) is 5.71. The predicted molar refractivity (Wildman–Crippen MR) is 78.4 cm³/mol. The van der Waals surface area contributed by atoms with Gasteiger partial charge in [-0.05, 0) is 44.5 Å². The van der Waals surface area contributed by atoms with Gasteiger partial charge in [-0.1, -0.05) is 0 Å². The average molecular weight is 293 g/mol. The molecule has 7 heteroatoms. The quantitative estimate of drug-likeness (QED) is 0.657. The van der Waals surface area contributed by atoms with Crippen molar-refractivity contribution in [2.75, 3.05) is 11.9 Å². The van der Waals surface area contributed by atoms with E-state index in [4.69, 9.17) is 5.11 Å². The number of likely N-dealkylation sites (N-methyl/N-ethyl adjacent to an activating group) is 1. The molecule has 1 unspecified atom stereocenters. The summed E-state index contributed by atoms with van der Waals surface area (Å²) >= 11 is 0. The van der Waals surface area contributed by atoms with E-state index in [1.165, 1.54) is 18.2 Å². The van der Waals surface area contributed by atoms with Crippen LogP contribution in [0.4, 0.5) is 10.5 Å². The van der Waals surface area contributed by atoms with Gasteiger partial charge in [0.1, 0.15) is 6.04 Å². The van der Waals surface area contributed by atoms with Crippen LogP contribution in [0.2, 0.25) is 0 Å². The molecule has 114 valence electrons. The zero-order valence-corrected chi connectivity index (χ0v) is 12.2. The zero-order chi connectivity index (χ0) is 16.0. The Bertz CT molecular complexity index is 557. The van der Waals surface area contributed by atoms with E-state index >= 15 is 0 Å². The summed E-state index contributed by atoms with van der Waals surface area (Å²) in [6, 6.07) is 3.18. The highest BCUT2D eigenvalue weighted by Crippen LogP contribution is 2.16. The molecule has 0 fully saturated rings. The number of rotatable bonds is 5. The fraction of sp³-hybridized carbons (Fsp3) is 0.357. The van der Waals surface area contributed by atoms with Gasteiger partial charge in [0.05, 0.1) is 5.56 Å². The Labute approximate surface area is 122 Å². The van der Waals surface area contributed by atoms with Gasteiger partial charge in [-0.15, -0.1) is 0 Å². The second-order valence-electron chi connectivity index (χ2n) is 4.55. The third-order valence-electron chi connectivity index (χ3n) is 2.81. The summed E-state index contributed by atoms with van der Waals surface area (Å²) in [6.45, 7) is 5.54. The molecule has 0 heterocycles. The standard InChI is InChI=1S/C14H19N3O4/c1-4-15-12(18)9(3)16-14(21)17-11-6-5-10(13(19)20)7-8(11)2/h5-7,9H,4H2,1-3H3,(H,15,18)(H,19,20)(H2,16,17,21). The maximum absolute atomic E-state index is 11.8. The number of anilines is 1. The molecule has 1 atom stereocenters. The van der Waals surface area contributed by atoms with Crippen LogP contribution in [-0.2, 0) is 4.79 Å². The van der Waals surface area contributed by atoms with Gasteiger partial charge in [0.2, 0.25) is 5.91 Å². The first-order valence-corrected chi connectivity index (χ1v) is 6.54. The summed E-state index contributed by atoms with van der Waals surface area (Å²) in [4.78, 5) is 34.1. The molecule has 0 radical (unpaired) electrons. The maximum Gasteiger partial charge on any atom is 0.335 e. The molecule has 21 heavy (non-hydrogen) atoms. The van der Waals surface area contributed by atoms with Crippen molar-refractivity contribution < 1.29 is 19.5 Å². The van der Waals surface area contributed by atoms with E-state index in [-0.39, 0.29) is 11.5 Å². The fourth-order valence-electron chi connectivity index (χ4n) is 1.68. The Hall–Kier alpha value is -2.57. The van der Waals surface area contributed by atoms with E-state index in [0.717, 1.165) is 0 Å². The summed E-state index contributed by atoms with van der Waals surface area (Å²) in [5, 5.41) is 16.5. The summed E-state index contributed by atoms with van der Waals surface area (Å²) in [7, 11) is 0. The fourth-order valence-corrected chi connectivity index (χ4v) is 1.68. The van der Waals surface area contributed by atoms with Crippen molar-refractivity contribution in [1.82, 2.24) is 10.6 Å². The van der Waals surface area contributed by atoms with Crippen LogP contribution in [-0.4, -0.2) is 35.6 Å². The van der Waals surface area contributed by atoms with Gasteiger partial charge in [0.15, 0.2) is 0 Å². The highest BCUT2D eigenvalue weighted by atomic mass is 16.4. The summed E-state index contributed by atoms with van der Waals surface area (Å²) in [5.74, 6) is -1.30. The number of amides is 3. The lowest BCUT2D eigenvalue weighted by atomic mass is 10.1. The number of aryl methyl sites for hydroxylation is 1. The average Bonchev–Trinajstić information content (AvgIpc) is 2.40. The van der Waals surface area contributed by atoms with Crippen molar-refractivity contribution in [3.05, 3.63) is 29.3 Å². The van der Waals surface area contributed by atoms with Gasteiger partial charge in [-0.2, -0.15) is 0 Å². The molecule has 0 aliphatic heterocycles. The maximum atomic E-state index is 11.8. The Morgan fingerprint density at radius 1 is 1.29 bits per heavy atom.